The molecule has 222 valence electrons. The molecule has 2 fully saturated rings. The minimum absolute atomic E-state index is 0.0895. The standard InChI is InChI=1S/C32H38N4O6/c1-3-23-25-15-22(42-32(40)35-13-9-21(10-14-35)34-11-5-4-6-12-34)7-8-27(25)33-29-26(23)17-36(19-37)28(29)16-24-20(2)18-41-31(39)30(24)38/h7-8,15-16,19,21,30,38H,3-6,9-14,17-18H2,1-2H3/b28-16-. The van der Waals surface area contributed by atoms with Crippen LogP contribution in [0.25, 0.3) is 16.6 Å². The SMILES string of the molecule is CCc1c2c(nc3ccc(OC(=O)N4CCC(N5CCCCC5)CC4)cc13)/C(=C/C1=C(C)COC(=O)C1O)N(C=O)C2. The molecule has 0 spiro atoms. The first kappa shape index (κ1) is 28.4. The topological polar surface area (TPSA) is 113 Å². The first-order valence-corrected chi connectivity index (χ1v) is 15.0. The number of likely N-dealkylation sites (tertiary alicyclic amines) is 2. The number of hydrogen-bond acceptors (Lipinski definition) is 8. The molecule has 0 saturated carbocycles. The minimum Gasteiger partial charge on any atom is -0.459 e. The highest BCUT2D eigenvalue weighted by Gasteiger charge is 2.33. The number of cyclic esters (lactones) is 1. The number of pyridine rings is 1. The summed E-state index contributed by atoms with van der Waals surface area (Å²) in [5.41, 5.74) is 4.93. The molecule has 42 heavy (non-hydrogen) atoms. The van der Waals surface area contributed by atoms with Gasteiger partial charge in [0, 0.05) is 30.1 Å². The lowest BCUT2D eigenvalue weighted by Gasteiger charge is -2.39. The number of aliphatic hydroxyl groups excluding tert-OH is 1. The molecule has 1 aromatic heterocycles. The van der Waals surface area contributed by atoms with Crippen LogP contribution >= 0.6 is 0 Å². The van der Waals surface area contributed by atoms with Crippen LogP contribution in [0.15, 0.2) is 35.4 Å². The molecule has 2 aromatic rings. The molecule has 6 rings (SSSR count). The van der Waals surface area contributed by atoms with E-state index in [9.17, 15) is 19.5 Å². The lowest BCUT2D eigenvalue weighted by Crippen LogP contribution is -2.48. The number of carbonyl (C=O) groups excluding carboxylic acids is 3. The van der Waals surface area contributed by atoms with E-state index >= 15 is 0 Å². The van der Waals surface area contributed by atoms with Gasteiger partial charge in [0.25, 0.3) is 0 Å². The van der Waals surface area contributed by atoms with Crippen molar-refractivity contribution in [3.63, 3.8) is 0 Å². The third kappa shape index (κ3) is 5.29. The van der Waals surface area contributed by atoms with Crippen LogP contribution in [-0.4, -0.2) is 88.2 Å². The van der Waals surface area contributed by atoms with E-state index in [-0.39, 0.29) is 12.7 Å². The highest BCUT2D eigenvalue weighted by molar-refractivity contribution is 5.92. The first-order valence-electron chi connectivity index (χ1n) is 15.0. The highest BCUT2D eigenvalue weighted by atomic mass is 16.6. The van der Waals surface area contributed by atoms with Gasteiger partial charge in [-0.1, -0.05) is 13.3 Å². The van der Waals surface area contributed by atoms with Crippen LogP contribution in [0.4, 0.5) is 4.79 Å². The summed E-state index contributed by atoms with van der Waals surface area (Å²) in [5.74, 6) is -0.245. The van der Waals surface area contributed by atoms with Crippen molar-refractivity contribution in [1.82, 2.24) is 19.7 Å². The molecule has 10 nitrogen and oxygen atoms in total. The summed E-state index contributed by atoms with van der Waals surface area (Å²) in [5, 5.41) is 11.3. The number of aromatic nitrogens is 1. The number of piperidine rings is 2. The Labute approximate surface area is 245 Å². The molecule has 0 bridgehead atoms. The van der Waals surface area contributed by atoms with Gasteiger partial charge >= 0.3 is 12.1 Å². The number of esters is 1. The Bertz CT molecular complexity index is 1470. The average molecular weight is 575 g/mol. The van der Waals surface area contributed by atoms with E-state index < -0.39 is 12.1 Å². The van der Waals surface area contributed by atoms with E-state index in [1.54, 1.807) is 24.0 Å². The summed E-state index contributed by atoms with van der Waals surface area (Å²) in [4.78, 5) is 48.0. The van der Waals surface area contributed by atoms with E-state index in [0.29, 0.717) is 65.9 Å². The van der Waals surface area contributed by atoms with Crippen molar-refractivity contribution >= 4 is 35.1 Å². The van der Waals surface area contributed by atoms with Crippen LogP contribution in [0.5, 0.6) is 5.75 Å². The van der Waals surface area contributed by atoms with Gasteiger partial charge in [-0.3, -0.25) is 4.79 Å². The zero-order valence-corrected chi connectivity index (χ0v) is 24.3. The van der Waals surface area contributed by atoms with Crippen LogP contribution in [0.2, 0.25) is 0 Å². The fourth-order valence-electron chi connectivity index (χ4n) is 6.75. The van der Waals surface area contributed by atoms with Crippen molar-refractivity contribution in [2.75, 3.05) is 32.8 Å². The van der Waals surface area contributed by atoms with Gasteiger partial charge in [0.15, 0.2) is 6.10 Å². The van der Waals surface area contributed by atoms with E-state index in [1.165, 1.54) is 37.3 Å². The Balaban J connectivity index is 1.24. The summed E-state index contributed by atoms with van der Waals surface area (Å²) < 4.78 is 10.9. The molecule has 4 aliphatic rings. The number of benzene rings is 1. The van der Waals surface area contributed by atoms with Crippen LogP contribution in [0.1, 0.15) is 62.8 Å². The molecule has 4 aliphatic heterocycles. The molecular formula is C32H38N4O6. The molecule has 10 heteroatoms. The lowest BCUT2D eigenvalue weighted by molar-refractivity contribution is -0.151. The fourth-order valence-corrected chi connectivity index (χ4v) is 6.75. The van der Waals surface area contributed by atoms with Crippen molar-refractivity contribution in [3.05, 3.63) is 52.2 Å². The zero-order valence-electron chi connectivity index (χ0n) is 24.3. The normalized spacial score (nSPS) is 23.0. The number of hydrogen-bond donors (Lipinski definition) is 1. The Morgan fingerprint density at radius 1 is 1.17 bits per heavy atom. The van der Waals surface area contributed by atoms with Crippen molar-refractivity contribution in [3.8, 4) is 5.75 Å². The molecular weight excluding hydrogens is 536 g/mol. The number of fused-ring (bicyclic) bond motifs is 2. The number of nitrogens with zero attached hydrogens (tertiary/aromatic N) is 4. The van der Waals surface area contributed by atoms with Crippen molar-refractivity contribution in [2.24, 2.45) is 0 Å². The van der Waals surface area contributed by atoms with Gasteiger partial charge in [-0.05, 0) is 93.1 Å². The second-order valence-electron chi connectivity index (χ2n) is 11.6. The predicted molar refractivity (Wildman–Crippen MR) is 156 cm³/mol. The third-order valence-corrected chi connectivity index (χ3v) is 9.11. The number of aliphatic hydroxyl groups is 1. The molecule has 1 N–H and O–H groups in total. The van der Waals surface area contributed by atoms with Gasteiger partial charge in [0.1, 0.15) is 12.4 Å². The van der Waals surface area contributed by atoms with Crippen molar-refractivity contribution in [2.45, 2.75) is 71.1 Å². The molecule has 2 saturated heterocycles. The highest BCUT2D eigenvalue weighted by Crippen LogP contribution is 2.39. The Morgan fingerprint density at radius 3 is 2.64 bits per heavy atom. The lowest BCUT2D eigenvalue weighted by atomic mass is 9.97. The quantitative estimate of drug-likeness (QED) is 0.424. The van der Waals surface area contributed by atoms with Gasteiger partial charge in [-0.25, -0.2) is 14.6 Å². The number of amides is 2. The summed E-state index contributed by atoms with van der Waals surface area (Å²) in [6.45, 7) is 7.96. The maximum Gasteiger partial charge on any atom is 0.415 e. The number of ether oxygens (including phenoxy) is 2. The molecule has 1 unspecified atom stereocenters. The summed E-state index contributed by atoms with van der Waals surface area (Å²) in [7, 11) is 0. The smallest absolute Gasteiger partial charge is 0.415 e. The van der Waals surface area contributed by atoms with Crippen LogP contribution in [0, 0.1) is 0 Å². The first-order chi connectivity index (χ1) is 20.4. The van der Waals surface area contributed by atoms with Gasteiger partial charge in [-0.2, -0.15) is 0 Å². The fraction of sp³-hybridized carbons (Fsp3) is 0.500. The van der Waals surface area contributed by atoms with Gasteiger partial charge in [0.05, 0.1) is 23.5 Å². The number of rotatable bonds is 5. The van der Waals surface area contributed by atoms with Gasteiger partial charge in [0.2, 0.25) is 6.41 Å². The average Bonchev–Trinajstić information content (AvgIpc) is 3.37. The van der Waals surface area contributed by atoms with E-state index in [4.69, 9.17) is 14.5 Å². The number of carbonyl (C=O) groups is 3. The van der Waals surface area contributed by atoms with Crippen LogP contribution in [0.3, 0.4) is 0 Å². The summed E-state index contributed by atoms with van der Waals surface area (Å²) in [6, 6.07) is 6.00. The maximum absolute atomic E-state index is 13.1. The second kappa shape index (κ2) is 11.9. The number of aryl methyl sites for hydroxylation is 1. The predicted octanol–water partition coefficient (Wildman–Crippen LogP) is 3.79. The van der Waals surface area contributed by atoms with Crippen LogP contribution in [-0.2, 0) is 27.3 Å². The molecule has 5 heterocycles. The molecule has 2 amide bonds. The van der Waals surface area contributed by atoms with E-state index in [1.807, 2.05) is 19.1 Å². The second-order valence-corrected chi connectivity index (χ2v) is 11.6. The monoisotopic (exact) mass is 574 g/mol. The molecule has 0 radical (unpaired) electrons. The van der Waals surface area contributed by atoms with Crippen molar-refractivity contribution in [1.29, 1.82) is 0 Å². The molecule has 1 aromatic carbocycles. The summed E-state index contributed by atoms with van der Waals surface area (Å²) >= 11 is 0. The Morgan fingerprint density at radius 2 is 1.93 bits per heavy atom. The Kier molecular flexibility index (Phi) is 8.00. The van der Waals surface area contributed by atoms with Crippen molar-refractivity contribution < 1.29 is 29.0 Å². The van der Waals surface area contributed by atoms with Gasteiger partial charge < -0.3 is 29.3 Å². The summed E-state index contributed by atoms with van der Waals surface area (Å²) in [6.07, 6.45) is 7.15. The minimum atomic E-state index is -1.41. The maximum atomic E-state index is 13.1. The van der Waals surface area contributed by atoms with E-state index in [0.717, 1.165) is 35.8 Å². The molecule has 0 aliphatic carbocycles. The third-order valence-electron chi connectivity index (χ3n) is 9.11. The zero-order chi connectivity index (χ0) is 29.4. The van der Waals surface area contributed by atoms with Gasteiger partial charge in [-0.15, -0.1) is 0 Å². The molecule has 1 atom stereocenters. The Hall–Kier alpha value is -3.76. The largest absolute Gasteiger partial charge is 0.459 e. The van der Waals surface area contributed by atoms with Crippen LogP contribution < -0.4 is 4.74 Å². The van der Waals surface area contributed by atoms with E-state index in [2.05, 4.69) is 4.90 Å².